The van der Waals surface area contributed by atoms with Crippen LogP contribution in [0.25, 0.3) is 0 Å². The monoisotopic (exact) mass is 476 g/mol. The molecule has 0 aromatic heterocycles. The van der Waals surface area contributed by atoms with Crippen LogP contribution in [0.3, 0.4) is 0 Å². The van der Waals surface area contributed by atoms with Crippen LogP contribution < -0.4 is 21.3 Å². The Balaban J connectivity index is 1.57. The Morgan fingerprint density at radius 1 is 0.629 bits per heavy atom. The van der Waals surface area contributed by atoms with Gasteiger partial charge in [0.1, 0.15) is 11.5 Å². The molecule has 8 nitrogen and oxygen atoms in total. The van der Waals surface area contributed by atoms with E-state index in [0.29, 0.717) is 24.5 Å². The van der Waals surface area contributed by atoms with Crippen LogP contribution in [0.5, 0.6) is 11.5 Å². The quantitative estimate of drug-likeness (QED) is 0.290. The number of hydrogen-bond donors (Lipinski definition) is 6. The average Bonchev–Trinajstić information content (AvgIpc) is 2.80. The Bertz CT molecular complexity index is 1220. The Hall–Kier alpha value is -4.20. The summed E-state index contributed by atoms with van der Waals surface area (Å²) >= 11 is 0. The molecule has 0 saturated carbocycles. The number of benzene rings is 3. The number of phenolic OH excluding ortho intramolecular Hbond substituents is 2. The van der Waals surface area contributed by atoms with E-state index in [1.54, 1.807) is 12.1 Å². The van der Waals surface area contributed by atoms with E-state index >= 15 is 0 Å². The van der Waals surface area contributed by atoms with Gasteiger partial charge in [0, 0.05) is 24.5 Å². The molecule has 0 heterocycles. The minimum absolute atomic E-state index is 0.259. The molecule has 0 atom stereocenters. The normalized spacial score (nSPS) is 10.5. The van der Waals surface area contributed by atoms with Crippen LogP contribution in [0.1, 0.15) is 38.9 Å². The van der Waals surface area contributed by atoms with E-state index < -0.39 is 0 Å². The summed E-state index contributed by atoms with van der Waals surface area (Å²) in [6.07, 6.45) is 0. The zero-order chi connectivity index (χ0) is 25.7. The van der Waals surface area contributed by atoms with Gasteiger partial charge >= 0.3 is 12.1 Å². The zero-order valence-corrected chi connectivity index (χ0v) is 20.7. The van der Waals surface area contributed by atoms with Crippen molar-refractivity contribution < 1.29 is 19.8 Å². The lowest BCUT2D eigenvalue weighted by atomic mass is 10.1. The van der Waals surface area contributed by atoms with Crippen LogP contribution in [-0.2, 0) is 13.1 Å². The summed E-state index contributed by atoms with van der Waals surface area (Å²) in [5, 5.41) is 31.0. The highest BCUT2D eigenvalue weighted by molar-refractivity contribution is 5.93. The molecule has 0 spiro atoms. The third-order valence-corrected chi connectivity index (χ3v) is 5.75. The van der Waals surface area contributed by atoms with Crippen molar-refractivity contribution in [1.82, 2.24) is 10.6 Å². The van der Waals surface area contributed by atoms with Gasteiger partial charge in [0.25, 0.3) is 0 Å². The van der Waals surface area contributed by atoms with Gasteiger partial charge in [-0.2, -0.15) is 0 Å². The maximum atomic E-state index is 12.5. The standard InChI is InChI=1S/C27H32N4O4/c1-15-6-7-22(30-26(34)28-13-20-8-16(2)24(32)17(3)9-20)12-23(15)31-27(35)29-14-21-10-18(4)25(33)19(5)11-21/h6-12,32-33H,13-14H2,1-5H3,(H2,28,30,34)(H2,29,31,35). The SMILES string of the molecule is Cc1ccc(NC(=O)NCc2cc(C)c(O)c(C)c2)cc1NC(=O)NCc1cc(C)c(O)c(C)c1. The second-order valence-corrected chi connectivity index (χ2v) is 8.80. The van der Waals surface area contributed by atoms with E-state index in [4.69, 9.17) is 0 Å². The van der Waals surface area contributed by atoms with Crippen molar-refractivity contribution in [2.45, 2.75) is 47.7 Å². The number of urea groups is 2. The second-order valence-electron chi connectivity index (χ2n) is 8.80. The Morgan fingerprint density at radius 3 is 1.51 bits per heavy atom. The van der Waals surface area contributed by atoms with E-state index in [-0.39, 0.29) is 23.6 Å². The summed E-state index contributed by atoms with van der Waals surface area (Å²) in [6, 6.07) is 11.8. The minimum atomic E-state index is -0.384. The van der Waals surface area contributed by atoms with Crippen molar-refractivity contribution in [3.05, 3.63) is 81.4 Å². The lowest BCUT2D eigenvalue weighted by Crippen LogP contribution is -2.29. The first kappa shape index (κ1) is 25.4. The van der Waals surface area contributed by atoms with Crippen molar-refractivity contribution in [2.75, 3.05) is 10.6 Å². The number of nitrogens with one attached hydrogen (secondary N) is 4. The molecule has 0 aliphatic carbocycles. The number of phenols is 2. The van der Waals surface area contributed by atoms with E-state index in [9.17, 15) is 19.8 Å². The molecule has 0 bridgehead atoms. The number of anilines is 2. The summed E-state index contributed by atoms with van der Waals surface area (Å²) in [7, 11) is 0. The molecule has 8 heteroatoms. The number of aromatic hydroxyl groups is 2. The third kappa shape index (κ3) is 6.66. The number of amides is 4. The van der Waals surface area contributed by atoms with E-state index in [1.807, 2.05) is 65.0 Å². The first-order valence-electron chi connectivity index (χ1n) is 11.3. The van der Waals surface area contributed by atoms with Gasteiger partial charge in [-0.3, -0.25) is 0 Å². The molecule has 4 amide bonds. The van der Waals surface area contributed by atoms with Crippen LogP contribution in [0, 0.1) is 34.6 Å². The van der Waals surface area contributed by atoms with Gasteiger partial charge in [0.15, 0.2) is 0 Å². The largest absolute Gasteiger partial charge is 0.507 e. The fraction of sp³-hybridized carbons (Fsp3) is 0.259. The average molecular weight is 477 g/mol. The number of rotatable bonds is 6. The van der Waals surface area contributed by atoms with Gasteiger partial charge in [-0.15, -0.1) is 0 Å². The summed E-state index contributed by atoms with van der Waals surface area (Å²) in [5.74, 6) is 0.519. The van der Waals surface area contributed by atoms with Crippen LogP contribution >= 0.6 is 0 Å². The van der Waals surface area contributed by atoms with Crippen LogP contribution in [0.4, 0.5) is 21.0 Å². The Morgan fingerprint density at radius 2 is 1.06 bits per heavy atom. The third-order valence-electron chi connectivity index (χ3n) is 5.75. The number of hydrogen-bond acceptors (Lipinski definition) is 4. The molecule has 0 saturated heterocycles. The molecule has 3 aromatic carbocycles. The molecular formula is C27H32N4O4. The van der Waals surface area contributed by atoms with Crippen molar-refractivity contribution >= 4 is 23.4 Å². The lowest BCUT2D eigenvalue weighted by molar-refractivity contribution is 0.251. The molecule has 0 radical (unpaired) electrons. The number of aryl methyl sites for hydroxylation is 5. The number of carbonyl (C=O) groups is 2. The van der Waals surface area contributed by atoms with Crippen LogP contribution in [0.15, 0.2) is 42.5 Å². The number of carbonyl (C=O) groups excluding carboxylic acids is 2. The molecule has 184 valence electrons. The molecule has 35 heavy (non-hydrogen) atoms. The zero-order valence-electron chi connectivity index (χ0n) is 20.7. The van der Waals surface area contributed by atoms with Gasteiger partial charge in [0.05, 0.1) is 0 Å². The lowest BCUT2D eigenvalue weighted by Gasteiger charge is -2.14. The Kier molecular flexibility index (Phi) is 7.86. The van der Waals surface area contributed by atoms with Crippen LogP contribution in [0.2, 0.25) is 0 Å². The molecular weight excluding hydrogens is 444 g/mol. The predicted molar refractivity (Wildman–Crippen MR) is 138 cm³/mol. The minimum Gasteiger partial charge on any atom is -0.507 e. The molecule has 6 N–H and O–H groups in total. The fourth-order valence-electron chi connectivity index (χ4n) is 3.84. The van der Waals surface area contributed by atoms with E-state index in [1.165, 1.54) is 0 Å². The fourth-order valence-corrected chi connectivity index (χ4v) is 3.84. The maximum Gasteiger partial charge on any atom is 0.319 e. The predicted octanol–water partition coefficient (Wildman–Crippen LogP) is 5.28. The Labute approximate surface area is 205 Å². The van der Waals surface area contributed by atoms with E-state index in [0.717, 1.165) is 38.9 Å². The highest BCUT2D eigenvalue weighted by Crippen LogP contribution is 2.24. The second kappa shape index (κ2) is 10.8. The molecule has 0 aliphatic rings. The summed E-state index contributed by atoms with van der Waals surface area (Å²) in [4.78, 5) is 24.8. The smallest absolute Gasteiger partial charge is 0.319 e. The van der Waals surface area contributed by atoms with Crippen molar-refractivity contribution in [3.8, 4) is 11.5 Å². The van der Waals surface area contributed by atoms with Crippen LogP contribution in [-0.4, -0.2) is 22.3 Å². The maximum absolute atomic E-state index is 12.5. The van der Waals surface area contributed by atoms with Gasteiger partial charge < -0.3 is 31.5 Å². The van der Waals surface area contributed by atoms with E-state index in [2.05, 4.69) is 21.3 Å². The highest BCUT2D eigenvalue weighted by Gasteiger charge is 2.10. The summed E-state index contributed by atoms with van der Waals surface area (Å²) < 4.78 is 0. The summed E-state index contributed by atoms with van der Waals surface area (Å²) in [6.45, 7) is 9.74. The van der Waals surface area contributed by atoms with Crippen molar-refractivity contribution in [2.24, 2.45) is 0 Å². The molecule has 0 fully saturated rings. The first-order valence-corrected chi connectivity index (χ1v) is 11.3. The molecule has 0 aliphatic heterocycles. The first-order chi connectivity index (χ1) is 16.5. The molecule has 0 unspecified atom stereocenters. The van der Waals surface area contributed by atoms with Gasteiger partial charge in [-0.05, 0) is 85.7 Å². The van der Waals surface area contributed by atoms with Gasteiger partial charge in [-0.25, -0.2) is 9.59 Å². The van der Waals surface area contributed by atoms with Crippen molar-refractivity contribution in [1.29, 1.82) is 0 Å². The summed E-state index contributed by atoms with van der Waals surface area (Å²) in [5.41, 5.74) is 6.74. The van der Waals surface area contributed by atoms with Gasteiger partial charge in [-0.1, -0.05) is 30.3 Å². The molecule has 3 aromatic rings. The topological polar surface area (TPSA) is 123 Å². The highest BCUT2D eigenvalue weighted by atomic mass is 16.3. The van der Waals surface area contributed by atoms with Crippen molar-refractivity contribution in [3.63, 3.8) is 0 Å². The van der Waals surface area contributed by atoms with Gasteiger partial charge in [0.2, 0.25) is 0 Å². The molecule has 3 rings (SSSR count).